The number of carbonyl (C=O) groups excluding carboxylic acids is 2. The average Bonchev–Trinajstić information content (AvgIpc) is 3.80. The second-order valence-electron chi connectivity index (χ2n) is 19.1. The van der Waals surface area contributed by atoms with E-state index in [-0.39, 0.29) is 42.4 Å². The molecule has 0 aromatic carbocycles. The van der Waals surface area contributed by atoms with E-state index in [9.17, 15) is 55.5 Å². The Morgan fingerprint density at radius 1 is 0.770 bits per heavy atom. The van der Waals surface area contributed by atoms with Crippen LogP contribution in [0.1, 0.15) is 71.6 Å². The molecule has 0 radical (unpaired) electrons. The first-order chi connectivity index (χ1) is 29.0. The van der Waals surface area contributed by atoms with Gasteiger partial charge in [-0.25, -0.2) is 4.79 Å². The molecule has 4 aliphatic heterocycles. The summed E-state index contributed by atoms with van der Waals surface area (Å²) in [5, 5.41) is 96.6. The van der Waals surface area contributed by atoms with Crippen molar-refractivity contribution in [3.63, 3.8) is 0 Å². The number of rotatable bonds is 11. The number of cyclic esters (lactones) is 1. The molecule has 0 aromatic heterocycles. The summed E-state index contributed by atoms with van der Waals surface area (Å²) in [4.78, 5) is 25.3. The first-order valence-electron chi connectivity index (χ1n) is 21.9. The second kappa shape index (κ2) is 17.6. The third-order valence-electron chi connectivity index (χ3n) is 16.3. The third kappa shape index (κ3) is 7.64. The van der Waals surface area contributed by atoms with Crippen molar-refractivity contribution in [2.24, 2.45) is 34.5 Å². The van der Waals surface area contributed by atoms with Crippen LogP contribution in [0.3, 0.4) is 0 Å². The van der Waals surface area contributed by atoms with Gasteiger partial charge in [-0.05, 0) is 94.0 Å². The SMILES string of the molecule is CO[C@H]1[C@H](O)[C@H](O[C@H]2CC[C@]3(C=O)C4CC[C@]5(C)C(C6=CC(=O)OC6)CC[C@]5(O)C4CC[C@@H]3C2)O[C@@H](C)[C@@H]1O[C@@H]1O[C@H](CO[C@@H]2O[C@H](CO)[C@@H](O)[C@H](O)[C@H]2O)[C@@H](O)[C@H](O)[C@H]1O. The zero-order chi connectivity index (χ0) is 43.8. The lowest BCUT2D eigenvalue weighted by atomic mass is 9.43. The molecule has 8 rings (SSSR count). The summed E-state index contributed by atoms with van der Waals surface area (Å²) in [5.41, 5.74) is -1.07. The van der Waals surface area contributed by atoms with Gasteiger partial charge in [-0.3, -0.25) is 0 Å². The number of carbonyl (C=O) groups is 2. The second-order valence-corrected chi connectivity index (χ2v) is 19.1. The molecule has 0 aromatic rings. The number of hydrogen-bond acceptors (Lipinski definition) is 19. The molecule has 346 valence electrons. The minimum absolute atomic E-state index is 0.000150. The van der Waals surface area contributed by atoms with Gasteiger partial charge in [0.2, 0.25) is 0 Å². The Bertz CT molecular complexity index is 1620. The highest BCUT2D eigenvalue weighted by Crippen LogP contribution is 2.69. The first kappa shape index (κ1) is 45.8. The van der Waals surface area contributed by atoms with Crippen LogP contribution < -0.4 is 0 Å². The van der Waals surface area contributed by atoms with E-state index in [1.807, 2.05) is 0 Å². The van der Waals surface area contributed by atoms with Crippen molar-refractivity contribution in [1.29, 1.82) is 0 Å². The van der Waals surface area contributed by atoms with Crippen molar-refractivity contribution in [3.8, 4) is 0 Å². The zero-order valence-electron chi connectivity index (χ0n) is 34.8. The van der Waals surface area contributed by atoms with E-state index in [1.54, 1.807) is 13.0 Å². The molecule has 4 aliphatic carbocycles. The van der Waals surface area contributed by atoms with Crippen LogP contribution in [0, 0.1) is 34.5 Å². The topological polar surface area (TPSA) is 290 Å². The Kier molecular flexibility index (Phi) is 13.2. The summed E-state index contributed by atoms with van der Waals surface area (Å²) >= 11 is 0. The van der Waals surface area contributed by atoms with E-state index in [0.717, 1.165) is 44.0 Å². The Balaban J connectivity index is 0.887. The lowest BCUT2D eigenvalue weighted by Gasteiger charge is -2.63. The van der Waals surface area contributed by atoms with Gasteiger partial charge in [0.05, 0.1) is 31.0 Å². The summed E-state index contributed by atoms with van der Waals surface area (Å²) in [7, 11) is 1.36. The molecule has 0 spiro atoms. The van der Waals surface area contributed by atoms with Gasteiger partial charge in [0.1, 0.15) is 80.0 Å². The summed E-state index contributed by atoms with van der Waals surface area (Å²) in [6, 6.07) is 0. The zero-order valence-corrected chi connectivity index (χ0v) is 34.8. The van der Waals surface area contributed by atoms with Crippen molar-refractivity contribution < 1.29 is 93.4 Å². The first-order valence-corrected chi connectivity index (χ1v) is 21.9. The molecular formula is C42H64O19. The Labute approximate surface area is 353 Å². The van der Waals surface area contributed by atoms with Crippen molar-refractivity contribution in [3.05, 3.63) is 11.6 Å². The van der Waals surface area contributed by atoms with Gasteiger partial charge in [-0.2, -0.15) is 0 Å². The van der Waals surface area contributed by atoms with E-state index in [2.05, 4.69) is 6.92 Å². The maximum absolute atomic E-state index is 13.3. The van der Waals surface area contributed by atoms with E-state index < -0.39 is 122 Å². The normalized spacial score (nSPS) is 53.6. The van der Waals surface area contributed by atoms with Crippen LogP contribution in [-0.2, 0) is 47.5 Å². The molecule has 0 bridgehead atoms. The van der Waals surface area contributed by atoms with Crippen LogP contribution in [-0.4, -0.2) is 189 Å². The summed E-state index contributed by atoms with van der Waals surface area (Å²) in [6.07, 6.45) is -13.2. The Hall–Kier alpha value is -1.76. The van der Waals surface area contributed by atoms with E-state index >= 15 is 0 Å². The highest BCUT2D eigenvalue weighted by Gasteiger charge is 2.69. The van der Waals surface area contributed by atoms with Crippen LogP contribution in [0.5, 0.6) is 0 Å². The van der Waals surface area contributed by atoms with Crippen molar-refractivity contribution in [2.45, 2.75) is 175 Å². The van der Waals surface area contributed by atoms with Gasteiger partial charge in [-0.1, -0.05) is 6.92 Å². The number of methoxy groups -OCH3 is 1. The monoisotopic (exact) mass is 872 g/mol. The predicted octanol–water partition coefficient (Wildman–Crippen LogP) is -2.06. The summed E-state index contributed by atoms with van der Waals surface area (Å²) in [6.45, 7) is 2.83. The molecule has 61 heavy (non-hydrogen) atoms. The number of esters is 1. The van der Waals surface area contributed by atoms with E-state index in [1.165, 1.54) is 7.11 Å². The maximum atomic E-state index is 13.3. The fraction of sp³-hybridized carbons (Fsp3) is 0.905. The summed E-state index contributed by atoms with van der Waals surface area (Å²) < 4.78 is 46.4. The number of aliphatic hydroxyl groups is 9. The quantitative estimate of drug-likeness (QED) is 0.0613. The molecule has 23 atom stereocenters. The van der Waals surface area contributed by atoms with Crippen molar-refractivity contribution in [2.75, 3.05) is 26.9 Å². The van der Waals surface area contributed by atoms with Gasteiger partial charge in [0.15, 0.2) is 18.9 Å². The molecule has 3 unspecified atom stereocenters. The number of ether oxygens (including phenoxy) is 8. The standard InChI is InChI=1S/C42H64O19/c1-18-35(61-38-33(51)31(49)29(47)26(60-38)16-56-37-32(50)30(48)28(46)25(14-43)59-37)36(54-3)34(52)39(57-18)58-21-6-10-41(17-44)20(13-21)4-5-24-23(41)7-9-40(2)22(8-11-42(24,40)53)19-12-27(45)55-15-19/h12,17-18,20-26,28-39,43,46-53H,4-11,13-16H2,1-3H3/t18-,20+,21-,22?,23?,24?,25+,26+,28+,29+,30-,31-,32+,33+,34-,35-,36-,37+,38-,39-,40+,41+,42-/m0/s1. The lowest BCUT2D eigenvalue weighted by Crippen LogP contribution is -2.65. The highest BCUT2D eigenvalue weighted by atomic mass is 16.8. The molecular weight excluding hydrogens is 808 g/mol. The van der Waals surface area contributed by atoms with Gasteiger partial charge >= 0.3 is 5.97 Å². The molecule has 19 nitrogen and oxygen atoms in total. The molecule has 19 heteroatoms. The third-order valence-corrected chi connectivity index (χ3v) is 16.3. The van der Waals surface area contributed by atoms with E-state index in [0.29, 0.717) is 25.7 Å². The Morgan fingerprint density at radius 3 is 2.13 bits per heavy atom. The summed E-state index contributed by atoms with van der Waals surface area (Å²) in [5.74, 6) is -0.343. The van der Waals surface area contributed by atoms with Crippen molar-refractivity contribution in [1.82, 2.24) is 0 Å². The van der Waals surface area contributed by atoms with Gasteiger partial charge in [0.25, 0.3) is 0 Å². The number of aldehydes is 1. The lowest BCUT2D eigenvalue weighted by molar-refractivity contribution is -0.367. The largest absolute Gasteiger partial charge is 0.458 e. The Morgan fingerprint density at radius 2 is 1.46 bits per heavy atom. The number of aliphatic hydroxyl groups excluding tert-OH is 8. The number of hydrogen-bond donors (Lipinski definition) is 9. The fourth-order valence-corrected chi connectivity index (χ4v) is 12.9. The van der Waals surface area contributed by atoms with Crippen LogP contribution in [0.4, 0.5) is 0 Å². The van der Waals surface area contributed by atoms with Crippen molar-refractivity contribution >= 4 is 12.3 Å². The van der Waals surface area contributed by atoms with Crippen LogP contribution in [0.25, 0.3) is 0 Å². The van der Waals surface area contributed by atoms with Crippen LogP contribution in [0.2, 0.25) is 0 Å². The average molecular weight is 873 g/mol. The van der Waals surface area contributed by atoms with E-state index in [4.69, 9.17) is 37.9 Å². The minimum Gasteiger partial charge on any atom is -0.458 e. The smallest absolute Gasteiger partial charge is 0.331 e. The molecule has 7 fully saturated rings. The maximum Gasteiger partial charge on any atom is 0.331 e. The molecule has 0 amide bonds. The number of fused-ring (bicyclic) bond motifs is 5. The molecule has 4 saturated carbocycles. The highest BCUT2D eigenvalue weighted by molar-refractivity contribution is 5.85. The van der Waals surface area contributed by atoms with Gasteiger partial charge in [0, 0.05) is 24.0 Å². The molecule has 8 aliphatic rings. The van der Waals surface area contributed by atoms with Crippen LogP contribution >= 0.6 is 0 Å². The van der Waals surface area contributed by atoms with Crippen LogP contribution in [0.15, 0.2) is 11.6 Å². The fourth-order valence-electron chi connectivity index (χ4n) is 12.9. The predicted molar refractivity (Wildman–Crippen MR) is 203 cm³/mol. The molecule has 4 heterocycles. The van der Waals surface area contributed by atoms with Gasteiger partial charge < -0.3 is 88.6 Å². The molecule has 3 saturated heterocycles. The minimum atomic E-state index is -1.79. The van der Waals surface area contributed by atoms with Gasteiger partial charge in [-0.15, -0.1) is 0 Å². The molecule has 9 N–H and O–H groups in total.